The standard InChI is InChI=1S/C18H16N6O2S/c25-18(17-12-3-1-2-4-14(12)26-23-17)19-9-16-21-20-15-6-5-13(22-24(15)16)11-7-8-27-10-11/h5-8,10H,1-4,9H2,(H,19,25). The second kappa shape index (κ2) is 6.58. The Kier molecular flexibility index (Phi) is 3.93. The van der Waals surface area contributed by atoms with Gasteiger partial charge in [0.05, 0.1) is 12.2 Å². The third-order valence-corrected chi connectivity index (χ3v) is 5.40. The number of thiophene rings is 1. The van der Waals surface area contributed by atoms with Gasteiger partial charge in [-0.1, -0.05) is 5.16 Å². The van der Waals surface area contributed by atoms with Gasteiger partial charge in [0.1, 0.15) is 5.76 Å². The molecule has 8 nitrogen and oxygen atoms in total. The highest BCUT2D eigenvalue weighted by Crippen LogP contribution is 2.24. The van der Waals surface area contributed by atoms with E-state index in [1.165, 1.54) is 0 Å². The van der Waals surface area contributed by atoms with E-state index in [9.17, 15) is 4.79 Å². The molecule has 27 heavy (non-hydrogen) atoms. The van der Waals surface area contributed by atoms with Crippen LogP contribution in [0.5, 0.6) is 0 Å². The number of aryl methyl sites for hydroxylation is 1. The van der Waals surface area contributed by atoms with Crippen molar-refractivity contribution in [2.75, 3.05) is 0 Å². The molecular formula is C18H16N6O2S. The van der Waals surface area contributed by atoms with Gasteiger partial charge in [-0.3, -0.25) is 4.79 Å². The topological polar surface area (TPSA) is 98.2 Å². The zero-order valence-corrected chi connectivity index (χ0v) is 15.2. The van der Waals surface area contributed by atoms with Gasteiger partial charge >= 0.3 is 0 Å². The molecule has 5 rings (SSSR count). The molecule has 4 heterocycles. The molecule has 4 aromatic heterocycles. The number of carbonyl (C=O) groups excluding carboxylic acids is 1. The number of carbonyl (C=O) groups is 1. The number of nitrogens with zero attached hydrogens (tertiary/aromatic N) is 5. The molecule has 0 aromatic carbocycles. The first-order chi connectivity index (χ1) is 13.3. The maximum atomic E-state index is 12.6. The molecule has 0 saturated carbocycles. The first-order valence-corrected chi connectivity index (χ1v) is 9.73. The Morgan fingerprint density at radius 3 is 3.04 bits per heavy atom. The minimum absolute atomic E-state index is 0.210. The quantitative estimate of drug-likeness (QED) is 0.584. The molecule has 0 unspecified atom stereocenters. The zero-order valence-electron chi connectivity index (χ0n) is 14.4. The van der Waals surface area contributed by atoms with Crippen molar-refractivity contribution in [1.29, 1.82) is 0 Å². The highest BCUT2D eigenvalue weighted by Gasteiger charge is 2.24. The van der Waals surface area contributed by atoms with Crippen LogP contribution < -0.4 is 5.32 Å². The summed E-state index contributed by atoms with van der Waals surface area (Å²) in [6, 6.07) is 5.79. The van der Waals surface area contributed by atoms with Crippen LogP contribution in [0.15, 0.2) is 33.5 Å². The van der Waals surface area contributed by atoms with Gasteiger partial charge in [-0.2, -0.15) is 21.0 Å². The Bertz CT molecular complexity index is 1110. The summed E-state index contributed by atoms with van der Waals surface area (Å²) >= 11 is 1.62. The summed E-state index contributed by atoms with van der Waals surface area (Å²) in [5.41, 5.74) is 3.83. The molecule has 0 fully saturated rings. The molecule has 0 atom stereocenters. The lowest BCUT2D eigenvalue weighted by molar-refractivity contribution is 0.0940. The average molecular weight is 380 g/mol. The van der Waals surface area contributed by atoms with E-state index in [0.29, 0.717) is 17.2 Å². The van der Waals surface area contributed by atoms with Gasteiger partial charge < -0.3 is 9.84 Å². The highest BCUT2D eigenvalue weighted by atomic mass is 32.1. The van der Waals surface area contributed by atoms with Crippen molar-refractivity contribution in [2.24, 2.45) is 0 Å². The van der Waals surface area contributed by atoms with Crippen LogP contribution in [0.1, 0.15) is 40.5 Å². The molecule has 0 bridgehead atoms. The first-order valence-electron chi connectivity index (χ1n) is 8.79. The Morgan fingerprint density at radius 1 is 1.22 bits per heavy atom. The lowest BCUT2D eigenvalue weighted by Crippen LogP contribution is -2.26. The number of hydrogen-bond acceptors (Lipinski definition) is 7. The molecule has 4 aromatic rings. The third-order valence-electron chi connectivity index (χ3n) is 4.72. The second-order valence-corrected chi connectivity index (χ2v) is 7.22. The van der Waals surface area contributed by atoms with Crippen molar-refractivity contribution in [3.05, 3.63) is 51.8 Å². The van der Waals surface area contributed by atoms with E-state index in [0.717, 1.165) is 48.3 Å². The van der Waals surface area contributed by atoms with Crippen molar-refractivity contribution in [2.45, 2.75) is 32.2 Å². The van der Waals surface area contributed by atoms with E-state index >= 15 is 0 Å². The SMILES string of the molecule is O=C(NCc1nnc2ccc(-c3ccsc3)nn12)c1noc2c1CCCC2. The minimum Gasteiger partial charge on any atom is -0.360 e. The molecule has 136 valence electrons. The number of amides is 1. The fourth-order valence-corrected chi connectivity index (χ4v) is 3.96. The number of hydrogen-bond donors (Lipinski definition) is 1. The lowest BCUT2D eigenvalue weighted by atomic mass is 9.96. The monoisotopic (exact) mass is 380 g/mol. The number of fused-ring (bicyclic) bond motifs is 2. The number of rotatable bonds is 4. The van der Waals surface area contributed by atoms with E-state index in [2.05, 4.69) is 25.8 Å². The summed E-state index contributed by atoms with van der Waals surface area (Å²) in [7, 11) is 0. The van der Waals surface area contributed by atoms with E-state index in [-0.39, 0.29) is 12.5 Å². The van der Waals surface area contributed by atoms with E-state index in [4.69, 9.17) is 4.52 Å². The van der Waals surface area contributed by atoms with Crippen molar-refractivity contribution in [3.63, 3.8) is 0 Å². The predicted octanol–water partition coefficient (Wildman–Crippen LogP) is 2.65. The fourth-order valence-electron chi connectivity index (χ4n) is 3.31. The number of aromatic nitrogens is 5. The summed E-state index contributed by atoms with van der Waals surface area (Å²) in [6.07, 6.45) is 3.81. The minimum atomic E-state index is -0.257. The van der Waals surface area contributed by atoms with E-state index in [1.807, 2.05) is 29.0 Å². The smallest absolute Gasteiger partial charge is 0.274 e. The Morgan fingerprint density at radius 2 is 2.15 bits per heavy atom. The molecule has 1 aliphatic rings. The maximum Gasteiger partial charge on any atom is 0.274 e. The summed E-state index contributed by atoms with van der Waals surface area (Å²) in [5.74, 6) is 1.14. The molecule has 1 amide bonds. The average Bonchev–Trinajstić information content (AvgIpc) is 3.45. The van der Waals surface area contributed by atoms with Crippen molar-refractivity contribution in [1.82, 2.24) is 30.3 Å². The number of nitrogens with one attached hydrogen (secondary N) is 1. The van der Waals surface area contributed by atoms with Gasteiger partial charge in [0.2, 0.25) is 0 Å². The Labute approximate surface area is 158 Å². The van der Waals surface area contributed by atoms with Gasteiger partial charge in [-0.25, -0.2) is 0 Å². The molecule has 0 spiro atoms. The Hall–Kier alpha value is -3.07. The van der Waals surface area contributed by atoms with E-state index in [1.54, 1.807) is 15.9 Å². The summed E-state index contributed by atoms with van der Waals surface area (Å²) < 4.78 is 6.98. The van der Waals surface area contributed by atoms with Gasteiger partial charge in [-0.05, 0) is 42.8 Å². The molecule has 0 saturated heterocycles. The highest BCUT2D eigenvalue weighted by molar-refractivity contribution is 7.08. The van der Waals surface area contributed by atoms with Gasteiger partial charge in [-0.15, -0.1) is 10.2 Å². The van der Waals surface area contributed by atoms with Crippen LogP contribution in [0.3, 0.4) is 0 Å². The van der Waals surface area contributed by atoms with Gasteiger partial charge in [0, 0.05) is 22.9 Å². The van der Waals surface area contributed by atoms with Crippen LogP contribution in [-0.4, -0.2) is 30.9 Å². The van der Waals surface area contributed by atoms with Gasteiger partial charge in [0.15, 0.2) is 17.2 Å². The van der Waals surface area contributed by atoms with Crippen LogP contribution in [0.4, 0.5) is 0 Å². The van der Waals surface area contributed by atoms with Crippen molar-refractivity contribution < 1.29 is 9.32 Å². The summed E-state index contributed by atoms with van der Waals surface area (Å²) in [4.78, 5) is 12.6. The van der Waals surface area contributed by atoms with Crippen LogP contribution in [0, 0.1) is 0 Å². The molecule has 0 aliphatic heterocycles. The van der Waals surface area contributed by atoms with Crippen LogP contribution in [0.2, 0.25) is 0 Å². The van der Waals surface area contributed by atoms with Crippen molar-refractivity contribution >= 4 is 22.9 Å². The fraction of sp³-hybridized carbons (Fsp3) is 0.278. The summed E-state index contributed by atoms with van der Waals surface area (Å²) in [5, 5.41) is 23.7. The third kappa shape index (κ3) is 2.89. The predicted molar refractivity (Wildman–Crippen MR) is 98.4 cm³/mol. The summed E-state index contributed by atoms with van der Waals surface area (Å²) in [6.45, 7) is 0.210. The van der Waals surface area contributed by atoms with Gasteiger partial charge in [0.25, 0.3) is 5.91 Å². The second-order valence-electron chi connectivity index (χ2n) is 6.44. The molecular weight excluding hydrogens is 364 g/mol. The zero-order chi connectivity index (χ0) is 18.2. The van der Waals surface area contributed by atoms with Crippen LogP contribution in [0.25, 0.3) is 16.9 Å². The van der Waals surface area contributed by atoms with Crippen LogP contribution in [-0.2, 0) is 19.4 Å². The van der Waals surface area contributed by atoms with Crippen molar-refractivity contribution in [3.8, 4) is 11.3 Å². The normalized spacial score (nSPS) is 13.6. The maximum absolute atomic E-state index is 12.6. The Balaban J connectivity index is 1.38. The molecule has 1 aliphatic carbocycles. The molecule has 1 N–H and O–H groups in total. The largest absolute Gasteiger partial charge is 0.360 e. The lowest BCUT2D eigenvalue weighted by Gasteiger charge is -2.09. The molecule has 0 radical (unpaired) electrons. The van der Waals surface area contributed by atoms with E-state index < -0.39 is 0 Å². The first kappa shape index (κ1) is 16.1. The van der Waals surface area contributed by atoms with Crippen LogP contribution >= 0.6 is 11.3 Å². The molecule has 9 heteroatoms.